The van der Waals surface area contributed by atoms with Crippen molar-refractivity contribution in [2.24, 2.45) is 0 Å². The summed E-state index contributed by atoms with van der Waals surface area (Å²) in [4.78, 5) is 27.9. The minimum atomic E-state index is -0.591. The largest absolute Gasteiger partial charge is 0.352 e. The first-order valence-electron chi connectivity index (χ1n) is 10.8. The molecule has 2 atom stereocenters. The van der Waals surface area contributed by atoms with Gasteiger partial charge in [-0.05, 0) is 50.8 Å². The molecule has 0 aliphatic heterocycles. The van der Waals surface area contributed by atoms with E-state index in [1.165, 1.54) is 5.56 Å². The molecule has 0 radical (unpaired) electrons. The third kappa shape index (κ3) is 7.26. The van der Waals surface area contributed by atoms with Gasteiger partial charge in [0.1, 0.15) is 6.04 Å². The molecule has 0 aliphatic rings. The molecule has 0 saturated heterocycles. The normalized spacial score (nSPS) is 12.8. The first kappa shape index (κ1) is 25.2. The van der Waals surface area contributed by atoms with E-state index in [1.807, 2.05) is 52.0 Å². The molecular formula is C25H32Cl2N2O2. The maximum atomic E-state index is 13.3. The molecule has 0 spiro atoms. The van der Waals surface area contributed by atoms with Crippen molar-refractivity contribution in [1.82, 2.24) is 10.2 Å². The maximum absolute atomic E-state index is 13.3. The van der Waals surface area contributed by atoms with Gasteiger partial charge in [-0.1, -0.05) is 72.9 Å². The van der Waals surface area contributed by atoms with Crippen molar-refractivity contribution in [2.75, 3.05) is 0 Å². The quantitative estimate of drug-likeness (QED) is 0.473. The highest BCUT2D eigenvalue weighted by molar-refractivity contribution is 6.36. The Morgan fingerprint density at radius 2 is 1.61 bits per heavy atom. The molecule has 0 heterocycles. The number of halogens is 2. The van der Waals surface area contributed by atoms with Gasteiger partial charge >= 0.3 is 0 Å². The number of amides is 2. The molecule has 2 aromatic carbocycles. The van der Waals surface area contributed by atoms with E-state index in [9.17, 15) is 9.59 Å². The van der Waals surface area contributed by atoms with Gasteiger partial charge in [-0.25, -0.2) is 0 Å². The van der Waals surface area contributed by atoms with Crippen LogP contribution in [-0.2, 0) is 22.6 Å². The Bertz CT molecular complexity index is 863. The van der Waals surface area contributed by atoms with Gasteiger partial charge in [0.2, 0.25) is 11.8 Å². The van der Waals surface area contributed by atoms with E-state index < -0.39 is 6.04 Å². The number of rotatable bonds is 10. The van der Waals surface area contributed by atoms with Crippen LogP contribution in [-0.4, -0.2) is 28.8 Å². The summed E-state index contributed by atoms with van der Waals surface area (Å²) in [5, 5.41) is 3.99. The van der Waals surface area contributed by atoms with E-state index in [0.29, 0.717) is 34.9 Å². The summed E-state index contributed by atoms with van der Waals surface area (Å²) >= 11 is 12.8. The zero-order chi connectivity index (χ0) is 23.0. The first-order valence-corrected chi connectivity index (χ1v) is 11.6. The van der Waals surface area contributed by atoms with Crippen LogP contribution < -0.4 is 5.32 Å². The second kappa shape index (κ2) is 12.1. The van der Waals surface area contributed by atoms with Gasteiger partial charge < -0.3 is 10.2 Å². The van der Waals surface area contributed by atoms with Crippen molar-refractivity contribution in [2.45, 2.75) is 72.0 Å². The molecule has 6 heteroatoms. The highest BCUT2D eigenvalue weighted by Crippen LogP contribution is 2.27. The molecule has 31 heavy (non-hydrogen) atoms. The van der Waals surface area contributed by atoms with Crippen LogP contribution in [0.5, 0.6) is 0 Å². The van der Waals surface area contributed by atoms with Gasteiger partial charge in [-0.15, -0.1) is 0 Å². The second-order valence-corrected chi connectivity index (χ2v) is 8.76. The second-order valence-electron chi connectivity index (χ2n) is 7.95. The summed E-state index contributed by atoms with van der Waals surface area (Å²) < 4.78 is 0. The van der Waals surface area contributed by atoms with Crippen LogP contribution in [0.25, 0.3) is 0 Å². The molecule has 168 valence electrons. The lowest BCUT2D eigenvalue weighted by atomic mass is 10.0. The zero-order valence-electron chi connectivity index (χ0n) is 18.8. The summed E-state index contributed by atoms with van der Waals surface area (Å²) in [6, 6.07) is 12.9. The molecule has 0 aromatic heterocycles. The number of carbonyl (C=O) groups excluding carboxylic acids is 2. The van der Waals surface area contributed by atoms with Crippen LogP contribution in [0.15, 0.2) is 42.5 Å². The summed E-state index contributed by atoms with van der Waals surface area (Å²) in [5.41, 5.74) is 2.92. The third-order valence-corrected chi connectivity index (χ3v) is 6.23. The molecule has 0 fully saturated rings. The number of hydrogen-bond donors (Lipinski definition) is 1. The number of benzene rings is 2. The predicted molar refractivity (Wildman–Crippen MR) is 128 cm³/mol. The van der Waals surface area contributed by atoms with Crippen LogP contribution >= 0.6 is 23.2 Å². The van der Waals surface area contributed by atoms with Gasteiger partial charge in [-0.3, -0.25) is 9.59 Å². The molecule has 2 amide bonds. The SMILES string of the molecule is CC[C@H](C(=O)N[C@@H](C)CC)N(Cc1c(Cl)cccc1Cl)C(=O)CCc1ccc(C)cc1. The van der Waals surface area contributed by atoms with Crippen LogP contribution in [0.2, 0.25) is 10.0 Å². The van der Waals surface area contributed by atoms with E-state index in [0.717, 1.165) is 12.0 Å². The fourth-order valence-electron chi connectivity index (χ4n) is 3.36. The highest BCUT2D eigenvalue weighted by atomic mass is 35.5. The van der Waals surface area contributed by atoms with Crippen molar-refractivity contribution < 1.29 is 9.59 Å². The predicted octanol–water partition coefficient (Wildman–Crippen LogP) is 5.96. The average molecular weight is 463 g/mol. The first-order chi connectivity index (χ1) is 14.8. The summed E-state index contributed by atoms with van der Waals surface area (Å²) in [5.74, 6) is -0.244. The molecule has 0 saturated carbocycles. The Kier molecular flexibility index (Phi) is 9.86. The van der Waals surface area contributed by atoms with Crippen molar-refractivity contribution in [3.63, 3.8) is 0 Å². The molecule has 2 rings (SSSR count). The van der Waals surface area contributed by atoms with E-state index in [1.54, 1.807) is 23.1 Å². The van der Waals surface area contributed by atoms with Gasteiger partial charge in [0, 0.05) is 34.6 Å². The van der Waals surface area contributed by atoms with Gasteiger partial charge in [0.25, 0.3) is 0 Å². The van der Waals surface area contributed by atoms with E-state index >= 15 is 0 Å². The smallest absolute Gasteiger partial charge is 0.243 e. The Morgan fingerprint density at radius 3 is 2.16 bits per heavy atom. The monoisotopic (exact) mass is 462 g/mol. The summed E-state index contributed by atoms with van der Waals surface area (Å²) in [6.07, 6.45) is 2.23. The molecule has 0 unspecified atom stereocenters. The zero-order valence-corrected chi connectivity index (χ0v) is 20.3. The molecule has 0 aliphatic carbocycles. The lowest BCUT2D eigenvalue weighted by Gasteiger charge is -2.32. The van der Waals surface area contributed by atoms with E-state index in [-0.39, 0.29) is 24.4 Å². The minimum absolute atomic E-state index is 0.0370. The maximum Gasteiger partial charge on any atom is 0.243 e. The number of nitrogens with one attached hydrogen (secondary N) is 1. The molecule has 1 N–H and O–H groups in total. The van der Waals surface area contributed by atoms with Gasteiger partial charge in [0.05, 0.1) is 0 Å². The van der Waals surface area contributed by atoms with Crippen molar-refractivity contribution in [3.05, 3.63) is 69.2 Å². The summed E-state index contributed by atoms with van der Waals surface area (Å²) in [7, 11) is 0. The van der Waals surface area contributed by atoms with Crippen LogP contribution in [0.1, 0.15) is 56.7 Å². The molecular weight excluding hydrogens is 431 g/mol. The lowest BCUT2D eigenvalue weighted by Crippen LogP contribution is -2.50. The molecule has 4 nitrogen and oxygen atoms in total. The average Bonchev–Trinajstić information content (AvgIpc) is 2.74. The number of nitrogens with zero attached hydrogens (tertiary/aromatic N) is 1. The Labute approximate surface area is 195 Å². The van der Waals surface area contributed by atoms with E-state index in [4.69, 9.17) is 23.2 Å². The standard InChI is InChI=1S/C25H32Cl2N2O2/c1-5-18(4)28-25(31)23(6-2)29(16-20-21(26)8-7-9-22(20)27)24(30)15-14-19-12-10-17(3)11-13-19/h7-13,18,23H,5-6,14-16H2,1-4H3,(H,28,31)/t18-,23+/m0/s1. The van der Waals surface area contributed by atoms with Crippen molar-refractivity contribution >= 4 is 35.0 Å². The molecule has 0 bridgehead atoms. The number of aryl methyl sites for hydroxylation is 2. The molecule has 2 aromatic rings. The number of hydrogen-bond acceptors (Lipinski definition) is 2. The van der Waals surface area contributed by atoms with Crippen molar-refractivity contribution in [1.29, 1.82) is 0 Å². The highest BCUT2D eigenvalue weighted by Gasteiger charge is 2.30. The van der Waals surface area contributed by atoms with Gasteiger partial charge in [-0.2, -0.15) is 0 Å². The fourth-order valence-corrected chi connectivity index (χ4v) is 3.88. The Morgan fingerprint density at radius 1 is 1.00 bits per heavy atom. The van der Waals surface area contributed by atoms with Crippen molar-refractivity contribution in [3.8, 4) is 0 Å². The summed E-state index contributed by atoms with van der Waals surface area (Å²) in [6.45, 7) is 8.11. The van der Waals surface area contributed by atoms with Gasteiger partial charge in [0.15, 0.2) is 0 Å². The Balaban J connectivity index is 2.27. The topological polar surface area (TPSA) is 49.4 Å². The van der Waals surface area contributed by atoms with Crippen LogP contribution in [0, 0.1) is 6.92 Å². The van der Waals surface area contributed by atoms with Crippen LogP contribution in [0.3, 0.4) is 0 Å². The number of carbonyl (C=O) groups is 2. The minimum Gasteiger partial charge on any atom is -0.352 e. The van der Waals surface area contributed by atoms with E-state index in [2.05, 4.69) is 5.32 Å². The lowest BCUT2D eigenvalue weighted by molar-refractivity contribution is -0.141. The fraction of sp³-hybridized carbons (Fsp3) is 0.440. The van der Waals surface area contributed by atoms with Crippen LogP contribution in [0.4, 0.5) is 0 Å². The Hall–Kier alpha value is -2.04. The third-order valence-electron chi connectivity index (χ3n) is 5.53.